The average molecular weight is 570 g/mol. The lowest BCUT2D eigenvalue weighted by Gasteiger charge is -2.11. The number of aryl methyl sites for hydroxylation is 2. The van der Waals surface area contributed by atoms with Crippen LogP contribution in [0.25, 0.3) is 11.2 Å². The molecule has 5 rings (SSSR count). The van der Waals surface area contributed by atoms with E-state index in [0.29, 0.717) is 22.7 Å². The molecule has 12 heteroatoms. The van der Waals surface area contributed by atoms with Gasteiger partial charge in [-0.1, -0.05) is 11.8 Å². The monoisotopic (exact) mass is 570 g/mol. The fraction of sp³-hybridized carbons (Fsp3) is 0.368. The summed E-state index contributed by atoms with van der Waals surface area (Å²) in [6, 6.07) is 4.00. The third kappa shape index (κ3) is 4.30. The Kier molecular flexibility index (Phi) is 5.43. The van der Waals surface area contributed by atoms with Gasteiger partial charge in [0.15, 0.2) is 27.9 Å². The molecule has 0 saturated heterocycles. The number of halogens is 1. The predicted molar refractivity (Wildman–Crippen MR) is 126 cm³/mol. The lowest BCUT2D eigenvalue weighted by molar-refractivity contribution is 0.0994. The number of carbonyl (C=O) groups is 1. The fourth-order valence-corrected chi connectivity index (χ4v) is 6.66. The molecule has 162 valence electrons. The topological polar surface area (TPSA) is 133 Å². The smallest absolute Gasteiger partial charge is 0.213 e. The summed E-state index contributed by atoms with van der Waals surface area (Å²) in [5.41, 5.74) is 8.74. The van der Waals surface area contributed by atoms with Crippen LogP contribution in [0, 0.1) is 3.57 Å². The number of hydrogen-bond acceptors (Lipinski definition) is 8. The van der Waals surface area contributed by atoms with Gasteiger partial charge in [0.2, 0.25) is 10.0 Å². The molecule has 3 N–H and O–H groups in total. The number of rotatable bonds is 7. The molecule has 31 heavy (non-hydrogen) atoms. The molecule has 3 aromatic rings. The van der Waals surface area contributed by atoms with E-state index in [1.54, 1.807) is 4.57 Å². The summed E-state index contributed by atoms with van der Waals surface area (Å²) in [6.07, 6.45) is 4.42. The summed E-state index contributed by atoms with van der Waals surface area (Å²) >= 11 is 3.62. The molecule has 0 spiro atoms. The maximum absolute atomic E-state index is 12.4. The van der Waals surface area contributed by atoms with E-state index in [-0.39, 0.29) is 29.9 Å². The largest absolute Gasteiger partial charge is 0.382 e. The van der Waals surface area contributed by atoms with Crippen LogP contribution in [0.5, 0.6) is 0 Å². The molecule has 2 aromatic heterocycles. The molecule has 0 bridgehead atoms. The van der Waals surface area contributed by atoms with Gasteiger partial charge in [0.05, 0.1) is 5.75 Å². The lowest BCUT2D eigenvalue weighted by atomic mass is 10.1. The van der Waals surface area contributed by atoms with Crippen LogP contribution in [-0.2, 0) is 23.0 Å². The van der Waals surface area contributed by atoms with Crippen molar-refractivity contribution >= 4 is 67.1 Å². The predicted octanol–water partition coefficient (Wildman–Crippen LogP) is 2.38. The normalized spacial score (nSPS) is 16.2. The van der Waals surface area contributed by atoms with Crippen LogP contribution in [0.3, 0.4) is 0 Å². The number of sulfonamides is 1. The molecule has 0 unspecified atom stereocenters. The number of Topliss-reactive ketones (excluding diaryl/α,β-unsaturated/α-hetero) is 1. The third-order valence-electron chi connectivity index (χ3n) is 5.31. The fourth-order valence-electron chi connectivity index (χ4n) is 3.56. The van der Waals surface area contributed by atoms with Crippen molar-refractivity contribution in [1.29, 1.82) is 0 Å². The number of nitrogen functional groups attached to an aromatic ring is 1. The lowest BCUT2D eigenvalue weighted by Crippen LogP contribution is -2.30. The number of fused-ring (bicyclic) bond motifs is 2. The van der Waals surface area contributed by atoms with Gasteiger partial charge in [0.1, 0.15) is 6.33 Å². The highest BCUT2D eigenvalue weighted by Gasteiger charge is 2.28. The highest BCUT2D eigenvalue weighted by atomic mass is 127. The number of nitrogens with zero attached hydrogens (tertiary/aromatic N) is 4. The number of carbonyl (C=O) groups excluding carboxylic acids is 1. The number of anilines is 1. The van der Waals surface area contributed by atoms with Crippen molar-refractivity contribution in [1.82, 2.24) is 24.2 Å². The number of imidazole rings is 1. The Hall–Kier alpha value is -1.77. The zero-order valence-corrected chi connectivity index (χ0v) is 20.1. The molecular formula is C19H19IN6O3S2. The van der Waals surface area contributed by atoms with E-state index in [9.17, 15) is 13.2 Å². The molecule has 2 aliphatic rings. The minimum atomic E-state index is -3.41. The minimum absolute atomic E-state index is 0.0573. The quantitative estimate of drug-likeness (QED) is 0.414. The second-order valence-electron chi connectivity index (χ2n) is 7.65. The van der Waals surface area contributed by atoms with E-state index in [2.05, 4.69) is 42.3 Å². The molecule has 0 aliphatic heterocycles. The van der Waals surface area contributed by atoms with Gasteiger partial charge in [-0.25, -0.2) is 28.1 Å². The van der Waals surface area contributed by atoms with E-state index in [1.807, 2.05) is 12.1 Å². The van der Waals surface area contributed by atoms with Gasteiger partial charge in [0, 0.05) is 33.0 Å². The van der Waals surface area contributed by atoms with Crippen molar-refractivity contribution < 1.29 is 13.2 Å². The molecule has 2 heterocycles. The van der Waals surface area contributed by atoms with E-state index < -0.39 is 10.0 Å². The third-order valence-corrected chi connectivity index (χ3v) is 9.04. The average Bonchev–Trinajstić information content (AvgIpc) is 3.34. The van der Waals surface area contributed by atoms with Crippen molar-refractivity contribution in [3.8, 4) is 0 Å². The Balaban J connectivity index is 1.51. The number of ketones is 1. The van der Waals surface area contributed by atoms with Crippen molar-refractivity contribution in [2.75, 3.05) is 11.5 Å². The van der Waals surface area contributed by atoms with Crippen LogP contribution in [0.2, 0.25) is 0 Å². The van der Waals surface area contributed by atoms with Crippen LogP contribution < -0.4 is 10.5 Å². The summed E-state index contributed by atoms with van der Waals surface area (Å²) in [6.45, 7) is 0.178. The van der Waals surface area contributed by atoms with Crippen molar-refractivity contribution in [2.24, 2.45) is 0 Å². The molecule has 0 atom stereocenters. The first-order valence-electron chi connectivity index (χ1n) is 9.81. The van der Waals surface area contributed by atoms with E-state index in [1.165, 1.54) is 18.1 Å². The van der Waals surface area contributed by atoms with Gasteiger partial charge in [-0.15, -0.1) is 0 Å². The highest BCUT2D eigenvalue weighted by molar-refractivity contribution is 14.1. The van der Waals surface area contributed by atoms with Gasteiger partial charge in [0.25, 0.3) is 0 Å². The summed E-state index contributed by atoms with van der Waals surface area (Å²) < 4.78 is 30.3. The van der Waals surface area contributed by atoms with Crippen molar-refractivity contribution in [3.05, 3.63) is 33.2 Å². The van der Waals surface area contributed by atoms with Crippen LogP contribution in [-0.4, -0.2) is 45.5 Å². The molecular weight excluding hydrogens is 551 g/mol. The standard InChI is InChI=1S/C19H19IN6O3S2/c20-13-7-10-1-4-14(27)12(10)8-15(13)30-19-24-16-17(21)22-9-23-18(16)26(19)5-6-31(28,29)25-11-2-3-11/h7-9,11,25H,1-6H2,(H2,21,22,23). The summed E-state index contributed by atoms with van der Waals surface area (Å²) in [7, 11) is -3.41. The second kappa shape index (κ2) is 7.98. The molecule has 0 amide bonds. The zero-order valence-electron chi connectivity index (χ0n) is 16.3. The zero-order chi connectivity index (χ0) is 21.8. The summed E-state index contributed by atoms with van der Waals surface area (Å²) in [4.78, 5) is 26.0. The number of nitrogens with one attached hydrogen (secondary N) is 1. The first-order chi connectivity index (χ1) is 14.8. The molecule has 1 aromatic carbocycles. The van der Waals surface area contributed by atoms with Crippen molar-refractivity contribution in [3.63, 3.8) is 0 Å². The van der Waals surface area contributed by atoms with Gasteiger partial charge < -0.3 is 10.3 Å². The highest BCUT2D eigenvalue weighted by Crippen LogP contribution is 2.37. The van der Waals surface area contributed by atoms with Gasteiger partial charge in [-0.3, -0.25) is 4.79 Å². The first-order valence-corrected chi connectivity index (χ1v) is 13.4. The van der Waals surface area contributed by atoms with Crippen LogP contribution in [0.15, 0.2) is 28.5 Å². The first kappa shape index (κ1) is 21.1. The second-order valence-corrected chi connectivity index (χ2v) is 11.7. The Morgan fingerprint density at radius 2 is 2.06 bits per heavy atom. The summed E-state index contributed by atoms with van der Waals surface area (Å²) in [5.74, 6) is 0.295. The Bertz CT molecular complexity index is 1320. The van der Waals surface area contributed by atoms with Crippen molar-refractivity contribution in [2.45, 2.75) is 48.3 Å². The minimum Gasteiger partial charge on any atom is -0.382 e. The SMILES string of the molecule is Nc1ncnc2c1nc(Sc1cc3c(cc1I)CCC3=O)n2CCS(=O)(=O)NC1CC1. The summed E-state index contributed by atoms with van der Waals surface area (Å²) in [5, 5.41) is 0.562. The van der Waals surface area contributed by atoms with Gasteiger partial charge in [-0.05, 0) is 59.5 Å². The van der Waals surface area contributed by atoms with Crippen LogP contribution >= 0.6 is 34.4 Å². The number of nitrogens with two attached hydrogens (primary N) is 1. The maximum atomic E-state index is 12.4. The van der Waals surface area contributed by atoms with E-state index in [4.69, 9.17) is 5.73 Å². The number of benzene rings is 1. The number of hydrogen-bond donors (Lipinski definition) is 2. The van der Waals surface area contributed by atoms with Crippen LogP contribution in [0.4, 0.5) is 5.82 Å². The number of aromatic nitrogens is 4. The molecule has 2 aliphatic carbocycles. The van der Waals surface area contributed by atoms with Crippen LogP contribution in [0.1, 0.15) is 35.2 Å². The Labute approximate surface area is 196 Å². The van der Waals surface area contributed by atoms with Gasteiger partial charge in [-0.2, -0.15) is 0 Å². The maximum Gasteiger partial charge on any atom is 0.213 e. The molecule has 1 saturated carbocycles. The van der Waals surface area contributed by atoms with E-state index >= 15 is 0 Å². The Morgan fingerprint density at radius 3 is 2.84 bits per heavy atom. The molecule has 9 nitrogen and oxygen atoms in total. The Morgan fingerprint density at radius 1 is 1.26 bits per heavy atom. The molecule has 0 radical (unpaired) electrons. The van der Waals surface area contributed by atoms with E-state index in [0.717, 1.165) is 38.9 Å². The molecule has 1 fully saturated rings. The van der Waals surface area contributed by atoms with Gasteiger partial charge >= 0.3 is 0 Å².